The number of fused-ring (bicyclic) bond motifs is 4. The Labute approximate surface area is 598 Å². The molecule has 0 unspecified atom stereocenters. The first-order valence-corrected chi connectivity index (χ1v) is 32.8. The number of benzene rings is 8. The number of hydrogen-bond donors (Lipinski definition) is 8. The summed E-state index contributed by atoms with van der Waals surface area (Å²) in [5.41, 5.74) is 9.22. The molecule has 8 aromatic heterocycles. The Hall–Kier alpha value is -12.5. The van der Waals surface area contributed by atoms with Gasteiger partial charge in [-0.3, -0.25) is 20.4 Å². The maximum Gasteiger partial charge on any atom is 0.417 e. The van der Waals surface area contributed by atoms with Crippen LogP contribution < -0.4 is 21.3 Å². The molecular weight excluding hydrogens is 1380 g/mol. The molecule has 0 bridgehead atoms. The lowest BCUT2D eigenvalue weighted by molar-refractivity contribution is -0.137. The van der Waals surface area contributed by atoms with Crippen molar-refractivity contribution in [3.8, 4) is 45.0 Å². The Morgan fingerprint density at radius 3 is 0.894 bits per heavy atom. The first-order valence-electron chi connectivity index (χ1n) is 32.0. The fourth-order valence-corrected chi connectivity index (χ4v) is 12.0. The fourth-order valence-electron chi connectivity index (χ4n) is 11.5. The van der Waals surface area contributed by atoms with Gasteiger partial charge >= 0.3 is 12.4 Å². The van der Waals surface area contributed by atoms with Crippen LogP contribution in [-0.2, 0) is 12.4 Å². The number of pyridine rings is 4. The van der Waals surface area contributed by atoms with Gasteiger partial charge in [-0.15, -0.1) is 0 Å². The summed E-state index contributed by atoms with van der Waals surface area (Å²) in [6, 6.07) is 64.7. The van der Waals surface area contributed by atoms with E-state index < -0.39 is 29.3 Å². The number of aryl methyl sites for hydroxylation is 4. The van der Waals surface area contributed by atoms with Crippen LogP contribution in [0.2, 0.25) is 10.0 Å². The average molecular weight is 1440 g/mol. The Morgan fingerprint density at radius 1 is 0.298 bits per heavy atom. The molecule has 8 N–H and O–H groups in total. The van der Waals surface area contributed by atoms with Crippen molar-refractivity contribution in [1.29, 1.82) is 0 Å². The molecule has 0 fully saturated rings. The molecule has 16 aromatic rings. The molecule has 0 spiro atoms. The minimum Gasteiger partial charge on any atom is -0.323 e. The van der Waals surface area contributed by atoms with Crippen molar-refractivity contribution >= 4 is 113 Å². The smallest absolute Gasteiger partial charge is 0.323 e. The van der Waals surface area contributed by atoms with Crippen LogP contribution in [-0.4, -0.2) is 60.7 Å². The predicted octanol–water partition coefficient (Wildman–Crippen LogP) is 22.3. The van der Waals surface area contributed by atoms with Crippen molar-refractivity contribution in [2.24, 2.45) is 0 Å². The molecule has 0 saturated carbocycles. The number of nitrogens with zero attached hydrogens (tertiary/aromatic N) is 8. The summed E-state index contributed by atoms with van der Waals surface area (Å²) in [6.07, 6.45) is -8.94. The molecule has 0 amide bonds. The Morgan fingerprint density at radius 2 is 0.567 bits per heavy atom. The van der Waals surface area contributed by atoms with Gasteiger partial charge in [0, 0.05) is 53.8 Å². The van der Waals surface area contributed by atoms with Gasteiger partial charge in [0.25, 0.3) is 0 Å². The first kappa shape index (κ1) is 69.9. The van der Waals surface area contributed by atoms with E-state index >= 15 is 0 Å². The maximum absolute atomic E-state index is 13.5. The second kappa shape index (κ2) is 30.0. The molecule has 8 aromatic carbocycles. The zero-order valence-electron chi connectivity index (χ0n) is 55.3. The van der Waals surface area contributed by atoms with Gasteiger partial charge in [0.15, 0.2) is 23.3 Å². The number of halogens is 10. The van der Waals surface area contributed by atoms with Gasteiger partial charge < -0.3 is 21.3 Å². The van der Waals surface area contributed by atoms with Crippen LogP contribution >= 0.6 is 23.2 Å². The molecule has 0 aliphatic heterocycles. The summed E-state index contributed by atoms with van der Waals surface area (Å²) in [5, 5.41) is 45.4. The lowest BCUT2D eigenvalue weighted by Gasteiger charge is -2.14. The van der Waals surface area contributed by atoms with E-state index in [9.17, 15) is 35.1 Å². The summed E-state index contributed by atoms with van der Waals surface area (Å²) in [7, 11) is 0. The van der Waals surface area contributed by atoms with Crippen molar-refractivity contribution in [1.82, 2.24) is 60.7 Å². The number of nitrogens with one attached hydrogen (secondary N) is 8. The van der Waals surface area contributed by atoms with E-state index in [0.29, 0.717) is 61.2 Å². The largest absolute Gasteiger partial charge is 0.417 e. The van der Waals surface area contributed by atoms with E-state index in [1.807, 2.05) is 142 Å². The summed E-state index contributed by atoms with van der Waals surface area (Å²) >= 11 is 12.6. The third-order valence-corrected chi connectivity index (χ3v) is 16.8. The van der Waals surface area contributed by atoms with Gasteiger partial charge in [-0.25, -0.2) is 28.7 Å². The Balaban J connectivity index is 0.000000123. The van der Waals surface area contributed by atoms with Crippen LogP contribution in [0.5, 0.6) is 0 Å². The van der Waals surface area contributed by atoms with Gasteiger partial charge in [-0.05, 0) is 183 Å². The van der Waals surface area contributed by atoms with Gasteiger partial charge in [0.05, 0.1) is 56.0 Å². The molecule has 0 aliphatic carbocycles. The van der Waals surface area contributed by atoms with E-state index in [-0.39, 0.29) is 28.3 Å². The summed E-state index contributed by atoms with van der Waals surface area (Å²) < 4.78 is 107. The standard InChI is InChI=1S/C20H14F4N4.C20H15F3N4.C19H14ClFN4.C19H15ClN4/c1-11-8-17(13-4-2-3-5-15(13)20(22,23)24)25-18(9-11)26-19-14-10-12(21)6-7-16(14)27-28-19;1-12-10-17(13-6-2-4-8-15(13)20(21,22)23)24-18(11-12)25-19-14-7-3-5-9-16(14)26-27-19;1-11-8-17(13-4-2-3-5-15(13)20)22-18(9-11)23-19-14-10-12(21)6-7-16(14)24-25-19;1-12-10-17(13-6-2-4-8-15(13)20)21-18(11-12)22-19-14-7-3-5-9-16(14)23-24-19/h2-10H,1H3,(H2,25,26,27,28);2-11H,1H3,(H2,24,25,26,27);2-10H,1H3,(H2,22,23,24,25);2-11H,1H3,(H2,21,22,23,24). The monoisotopic (exact) mass is 1440 g/mol. The Bertz CT molecular complexity index is 5790. The number of alkyl halides is 6. The maximum atomic E-state index is 13.5. The molecule has 8 heterocycles. The minimum atomic E-state index is -4.49. The van der Waals surface area contributed by atoms with Crippen LogP contribution in [0.15, 0.2) is 231 Å². The number of rotatable bonds is 12. The number of H-pyrrole nitrogens is 4. The molecule has 104 heavy (non-hydrogen) atoms. The second-order valence-corrected chi connectivity index (χ2v) is 24.8. The fraction of sp³-hybridized carbons (Fsp3) is 0.0769. The second-order valence-electron chi connectivity index (χ2n) is 24.0. The van der Waals surface area contributed by atoms with Crippen molar-refractivity contribution in [2.75, 3.05) is 21.3 Å². The average Bonchev–Trinajstić information content (AvgIpc) is 0.894. The van der Waals surface area contributed by atoms with Crippen LogP contribution in [0.1, 0.15) is 33.4 Å². The molecule has 0 aliphatic rings. The topological polar surface area (TPSA) is 214 Å². The third-order valence-electron chi connectivity index (χ3n) is 16.2. The van der Waals surface area contributed by atoms with Gasteiger partial charge in [-0.1, -0.05) is 120 Å². The molecule has 16 rings (SSSR count). The number of para-hydroxylation sites is 2. The predicted molar refractivity (Wildman–Crippen MR) is 395 cm³/mol. The lowest BCUT2D eigenvalue weighted by atomic mass is 10.0. The summed E-state index contributed by atoms with van der Waals surface area (Å²) in [4.78, 5) is 18.0. The number of aromatic amines is 4. The highest BCUT2D eigenvalue weighted by molar-refractivity contribution is 6.33. The van der Waals surface area contributed by atoms with Crippen LogP contribution in [0, 0.1) is 39.3 Å². The lowest BCUT2D eigenvalue weighted by Crippen LogP contribution is -2.08. The van der Waals surface area contributed by atoms with E-state index in [2.05, 4.69) is 77.0 Å². The molecule has 0 atom stereocenters. The molecule has 26 heteroatoms. The quantitative estimate of drug-likeness (QED) is 0.0537. The van der Waals surface area contributed by atoms with E-state index in [1.54, 1.807) is 49.4 Å². The first-order chi connectivity index (χ1) is 50.0. The molecule has 520 valence electrons. The summed E-state index contributed by atoms with van der Waals surface area (Å²) in [5.74, 6) is 3.55. The van der Waals surface area contributed by atoms with Crippen molar-refractivity contribution in [3.63, 3.8) is 0 Å². The SMILES string of the molecule is Cc1cc(Nc2n[nH]c3ccc(F)cc23)nc(-c2ccccc2C(F)(F)F)c1.Cc1cc(Nc2n[nH]c3ccc(F)cc23)nc(-c2ccccc2Cl)c1.Cc1cc(Nc2n[nH]c3ccccc23)nc(-c2ccccc2C(F)(F)F)c1.Cc1cc(Nc2n[nH]c3ccccc23)nc(-c2ccccc2Cl)c1. The van der Waals surface area contributed by atoms with Crippen LogP contribution in [0.25, 0.3) is 88.6 Å². The number of hydrogen-bond acceptors (Lipinski definition) is 12. The van der Waals surface area contributed by atoms with Crippen molar-refractivity contribution in [3.05, 3.63) is 286 Å². The van der Waals surface area contributed by atoms with Gasteiger partial charge in [0.1, 0.15) is 34.9 Å². The molecule has 0 saturated heterocycles. The van der Waals surface area contributed by atoms with Crippen LogP contribution in [0.4, 0.5) is 81.7 Å². The van der Waals surface area contributed by atoms with Crippen molar-refractivity contribution < 1.29 is 35.1 Å². The third kappa shape index (κ3) is 16.3. The minimum absolute atomic E-state index is 0.0142. The van der Waals surface area contributed by atoms with Crippen molar-refractivity contribution in [2.45, 2.75) is 40.0 Å². The zero-order valence-corrected chi connectivity index (χ0v) is 56.8. The highest BCUT2D eigenvalue weighted by atomic mass is 35.5. The molecule has 0 radical (unpaired) electrons. The summed E-state index contributed by atoms with van der Waals surface area (Å²) in [6.45, 7) is 7.59. The molecular formula is C78H58Cl2F8N16. The van der Waals surface area contributed by atoms with E-state index in [1.165, 1.54) is 54.6 Å². The zero-order chi connectivity index (χ0) is 72.8. The highest BCUT2D eigenvalue weighted by Gasteiger charge is 2.35. The Kier molecular flexibility index (Phi) is 20.1. The number of anilines is 8. The van der Waals surface area contributed by atoms with Crippen LogP contribution in [0.3, 0.4) is 0 Å². The highest BCUT2D eigenvalue weighted by Crippen LogP contribution is 2.40. The van der Waals surface area contributed by atoms with E-state index in [4.69, 9.17) is 28.2 Å². The van der Waals surface area contributed by atoms with E-state index in [0.717, 1.165) is 95.9 Å². The number of aromatic nitrogens is 12. The normalized spacial score (nSPS) is 11.4. The van der Waals surface area contributed by atoms with Gasteiger partial charge in [0.2, 0.25) is 0 Å². The molecule has 16 nitrogen and oxygen atoms in total. The van der Waals surface area contributed by atoms with Gasteiger partial charge in [-0.2, -0.15) is 46.7 Å².